The summed E-state index contributed by atoms with van der Waals surface area (Å²) >= 11 is 0. The van der Waals surface area contributed by atoms with Gasteiger partial charge < -0.3 is 24.2 Å². The van der Waals surface area contributed by atoms with Gasteiger partial charge in [0.05, 0.1) is 29.8 Å². The van der Waals surface area contributed by atoms with Crippen LogP contribution in [0.4, 0.5) is 4.39 Å². The average Bonchev–Trinajstić information content (AvgIpc) is 3.36. The number of benzene rings is 2. The molecule has 0 saturated carbocycles. The Morgan fingerprint density at radius 1 is 1.10 bits per heavy atom. The minimum absolute atomic E-state index is 0.0381. The van der Waals surface area contributed by atoms with Gasteiger partial charge in [-0.1, -0.05) is 12.1 Å². The van der Waals surface area contributed by atoms with Gasteiger partial charge in [0.1, 0.15) is 17.4 Å². The van der Waals surface area contributed by atoms with E-state index in [4.69, 9.17) is 4.42 Å². The van der Waals surface area contributed by atoms with Crippen molar-refractivity contribution in [1.29, 1.82) is 0 Å². The van der Waals surface area contributed by atoms with Gasteiger partial charge in [0.25, 0.3) is 5.91 Å². The number of hydrogen-bond donors (Lipinski definition) is 1. The van der Waals surface area contributed by atoms with Crippen molar-refractivity contribution >= 4 is 22.9 Å². The fourth-order valence-electron chi connectivity index (χ4n) is 3.25. The Labute approximate surface area is 170 Å². The fraction of sp³-hybridized carbons (Fsp3) is 0.136. The highest BCUT2D eigenvalue weighted by Gasteiger charge is 2.14. The lowest BCUT2D eigenvalue weighted by atomic mass is 10.2. The van der Waals surface area contributed by atoms with Gasteiger partial charge in [0, 0.05) is 18.5 Å². The van der Waals surface area contributed by atoms with Crippen LogP contribution in [0, 0.1) is 5.82 Å². The minimum atomic E-state index is -1.28. The molecule has 0 fully saturated rings. The number of aromatic nitrogens is 2. The van der Waals surface area contributed by atoms with Gasteiger partial charge in [-0.15, -0.1) is 0 Å². The van der Waals surface area contributed by atoms with Crippen molar-refractivity contribution in [2.45, 2.75) is 13.0 Å². The molecule has 4 aromatic rings. The van der Waals surface area contributed by atoms with E-state index in [1.54, 1.807) is 18.4 Å². The molecule has 0 saturated heterocycles. The van der Waals surface area contributed by atoms with E-state index in [0.717, 1.165) is 5.52 Å². The molecule has 0 atom stereocenters. The van der Waals surface area contributed by atoms with Crippen LogP contribution in [0.3, 0.4) is 0 Å². The lowest BCUT2D eigenvalue weighted by Crippen LogP contribution is -2.26. The molecule has 2 aromatic carbocycles. The summed E-state index contributed by atoms with van der Waals surface area (Å²) in [4.78, 5) is 27.9. The van der Waals surface area contributed by atoms with Crippen LogP contribution in [0.5, 0.6) is 0 Å². The minimum Gasteiger partial charge on any atom is -0.545 e. The van der Waals surface area contributed by atoms with E-state index in [-0.39, 0.29) is 23.6 Å². The molecule has 2 heterocycles. The Balaban J connectivity index is 1.57. The number of rotatable bonds is 7. The number of amides is 1. The SMILES string of the molecule is O=C([O-])c1ccc2c(c1)nc(CCNC(=O)c1cccc(F)c1)n2Cc1ccco1. The number of fused-ring (bicyclic) bond motifs is 1. The molecule has 7 nitrogen and oxygen atoms in total. The summed E-state index contributed by atoms with van der Waals surface area (Å²) < 4.78 is 20.6. The summed E-state index contributed by atoms with van der Waals surface area (Å²) in [6, 6.07) is 13.7. The van der Waals surface area contributed by atoms with Crippen molar-refractivity contribution in [3.05, 3.63) is 89.4 Å². The van der Waals surface area contributed by atoms with E-state index in [0.29, 0.717) is 30.1 Å². The third-order valence-electron chi connectivity index (χ3n) is 4.68. The molecular weight excluding hydrogens is 389 g/mol. The maximum absolute atomic E-state index is 13.3. The second kappa shape index (κ2) is 8.20. The van der Waals surface area contributed by atoms with Crippen LogP contribution in [0.15, 0.2) is 65.3 Å². The summed E-state index contributed by atoms with van der Waals surface area (Å²) in [6.45, 7) is 0.672. The van der Waals surface area contributed by atoms with E-state index < -0.39 is 11.8 Å². The molecule has 0 radical (unpaired) electrons. The van der Waals surface area contributed by atoms with Gasteiger partial charge in [0.15, 0.2) is 0 Å². The maximum Gasteiger partial charge on any atom is 0.251 e. The van der Waals surface area contributed by atoms with Crippen molar-refractivity contribution < 1.29 is 23.5 Å². The Morgan fingerprint density at radius 2 is 1.97 bits per heavy atom. The summed E-state index contributed by atoms with van der Waals surface area (Å²) in [5, 5.41) is 13.9. The molecule has 0 aliphatic carbocycles. The van der Waals surface area contributed by atoms with Gasteiger partial charge in [0.2, 0.25) is 0 Å². The highest BCUT2D eigenvalue weighted by atomic mass is 19.1. The van der Waals surface area contributed by atoms with Crippen molar-refractivity contribution in [3.63, 3.8) is 0 Å². The van der Waals surface area contributed by atoms with Crippen molar-refractivity contribution in [1.82, 2.24) is 14.9 Å². The Hall–Kier alpha value is -3.94. The number of hydrogen-bond acceptors (Lipinski definition) is 5. The third-order valence-corrected chi connectivity index (χ3v) is 4.68. The average molecular weight is 406 g/mol. The number of nitrogens with one attached hydrogen (secondary N) is 1. The number of carbonyl (C=O) groups excluding carboxylic acids is 2. The molecule has 30 heavy (non-hydrogen) atoms. The summed E-state index contributed by atoms with van der Waals surface area (Å²) in [5.41, 5.74) is 1.52. The lowest BCUT2D eigenvalue weighted by molar-refractivity contribution is -0.255. The van der Waals surface area contributed by atoms with E-state index in [9.17, 15) is 19.1 Å². The quantitative estimate of drug-likeness (QED) is 0.507. The normalized spacial score (nSPS) is 11.0. The highest BCUT2D eigenvalue weighted by molar-refractivity contribution is 5.94. The van der Waals surface area contributed by atoms with Crippen LogP contribution < -0.4 is 10.4 Å². The second-order valence-electron chi connectivity index (χ2n) is 6.70. The largest absolute Gasteiger partial charge is 0.545 e. The van der Waals surface area contributed by atoms with E-state index in [1.807, 2.05) is 10.6 Å². The molecule has 4 rings (SSSR count). The summed E-state index contributed by atoms with van der Waals surface area (Å²) in [7, 11) is 0. The van der Waals surface area contributed by atoms with Gasteiger partial charge in [-0.25, -0.2) is 9.37 Å². The molecule has 2 aromatic heterocycles. The maximum atomic E-state index is 13.3. The fourth-order valence-corrected chi connectivity index (χ4v) is 3.25. The topological polar surface area (TPSA) is 100 Å². The molecular formula is C22H17FN3O4-. The lowest BCUT2D eigenvalue weighted by Gasteiger charge is -2.09. The Morgan fingerprint density at radius 3 is 2.70 bits per heavy atom. The first-order valence-electron chi connectivity index (χ1n) is 9.28. The highest BCUT2D eigenvalue weighted by Crippen LogP contribution is 2.20. The number of carboxylic acid groups (broad SMARTS) is 1. The number of carboxylic acids is 1. The van der Waals surface area contributed by atoms with E-state index in [2.05, 4.69) is 10.3 Å². The second-order valence-corrected chi connectivity index (χ2v) is 6.70. The molecule has 8 heteroatoms. The van der Waals surface area contributed by atoms with Gasteiger partial charge in [-0.2, -0.15) is 0 Å². The molecule has 1 amide bonds. The zero-order valence-electron chi connectivity index (χ0n) is 15.8. The van der Waals surface area contributed by atoms with Crippen LogP contribution in [0.1, 0.15) is 32.3 Å². The van der Waals surface area contributed by atoms with Crippen LogP contribution >= 0.6 is 0 Å². The van der Waals surface area contributed by atoms with Crippen molar-refractivity contribution in [2.75, 3.05) is 6.54 Å². The van der Waals surface area contributed by atoms with Gasteiger partial charge in [-0.05, 0) is 48.0 Å². The first kappa shape index (κ1) is 19.4. The Kier molecular flexibility index (Phi) is 5.30. The number of carbonyl (C=O) groups is 2. The molecule has 152 valence electrons. The van der Waals surface area contributed by atoms with E-state index >= 15 is 0 Å². The number of aromatic carboxylic acids is 1. The molecule has 0 aliphatic heterocycles. The first-order valence-corrected chi connectivity index (χ1v) is 9.28. The third kappa shape index (κ3) is 4.07. The number of furan rings is 1. The molecule has 1 N–H and O–H groups in total. The number of halogens is 1. The smallest absolute Gasteiger partial charge is 0.251 e. The predicted octanol–water partition coefficient (Wildman–Crippen LogP) is 2.15. The zero-order valence-corrected chi connectivity index (χ0v) is 15.8. The first-order chi connectivity index (χ1) is 14.5. The summed E-state index contributed by atoms with van der Waals surface area (Å²) in [6.07, 6.45) is 1.96. The molecule has 0 bridgehead atoms. The van der Waals surface area contributed by atoms with Gasteiger partial charge >= 0.3 is 0 Å². The Bertz CT molecular complexity index is 1210. The number of nitrogens with zero attached hydrogens (tertiary/aromatic N) is 2. The standard InChI is InChI=1S/C22H18FN3O4/c23-16-4-1-3-14(11-16)21(27)24-9-8-20-25-18-12-15(22(28)29)6-7-19(18)26(20)13-17-5-2-10-30-17/h1-7,10-12H,8-9,13H2,(H,24,27)(H,28,29)/p-1. The molecule has 0 unspecified atom stereocenters. The summed E-state index contributed by atoms with van der Waals surface area (Å²) in [5.74, 6) is -0.782. The van der Waals surface area contributed by atoms with Crippen molar-refractivity contribution in [3.8, 4) is 0 Å². The predicted molar refractivity (Wildman–Crippen MR) is 104 cm³/mol. The molecule has 0 spiro atoms. The van der Waals surface area contributed by atoms with Crippen molar-refractivity contribution in [2.24, 2.45) is 0 Å². The van der Waals surface area contributed by atoms with Gasteiger partial charge in [-0.3, -0.25) is 4.79 Å². The number of imidazole rings is 1. The van der Waals surface area contributed by atoms with Crippen LogP contribution in [-0.4, -0.2) is 28.0 Å². The van der Waals surface area contributed by atoms with E-state index in [1.165, 1.54) is 36.4 Å². The monoisotopic (exact) mass is 406 g/mol. The zero-order chi connectivity index (χ0) is 21.1. The van der Waals surface area contributed by atoms with Crippen LogP contribution in [-0.2, 0) is 13.0 Å². The van der Waals surface area contributed by atoms with Crippen LogP contribution in [0.2, 0.25) is 0 Å². The molecule has 0 aliphatic rings. The van der Waals surface area contributed by atoms with Crippen LogP contribution in [0.25, 0.3) is 11.0 Å².